The summed E-state index contributed by atoms with van der Waals surface area (Å²) in [4.78, 5) is 27.6. The summed E-state index contributed by atoms with van der Waals surface area (Å²) in [7, 11) is 0. The summed E-state index contributed by atoms with van der Waals surface area (Å²) in [6.45, 7) is 1.63. The first kappa shape index (κ1) is 15.7. The quantitative estimate of drug-likeness (QED) is 0.779. The summed E-state index contributed by atoms with van der Waals surface area (Å²) in [5.74, 6) is -1.23. The smallest absolute Gasteiger partial charge is 0.253 e. The Hall–Kier alpha value is -2.57. The van der Waals surface area contributed by atoms with Gasteiger partial charge in [-0.2, -0.15) is 0 Å². The highest BCUT2D eigenvalue weighted by Gasteiger charge is 2.62. The lowest BCUT2D eigenvalue weighted by Crippen LogP contribution is -2.44. The Kier molecular flexibility index (Phi) is 3.45. The van der Waals surface area contributed by atoms with E-state index in [-0.39, 0.29) is 23.7 Å². The van der Waals surface area contributed by atoms with Gasteiger partial charge in [0, 0.05) is 13.1 Å². The molecule has 0 N–H and O–H groups in total. The molecular formula is C20H18FN3O2. The average molecular weight is 351 g/mol. The van der Waals surface area contributed by atoms with E-state index in [9.17, 15) is 14.0 Å². The van der Waals surface area contributed by atoms with E-state index in [0.29, 0.717) is 5.69 Å². The number of amides is 2. The van der Waals surface area contributed by atoms with Gasteiger partial charge < -0.3 is 0 Å². The zero-order chi connectivity index (χ0) is 17.8. The molecule has 3 aliphatic rings. The number of benzene rings is 2. The third-order valence-electron chi connectivity index (χ3n) is 5.63. The largest absolute Gasteiger partial charge is 0.274 e. The van der Waals surface area contributed by atoms with E-state index in [1.165, 1.54) is 29.2 Å². The molecule has 0 bridgehead atoms. The van der Waals surface area contributed by atoms with E-state index in [2.05, 4.69) is 10.0 Å². The van der Waals surface area contributed by atoms with Crippen LogP contribution in [0.25, 0.3) is 0 Å². The predicted molar refractivity (Wildman–Crippen MR) is 93.4 cm³/mol. The van der Waals surface area contributed by atoms with Gasteiger partial charge >= 0.3 is 0 Å². The summed E-state index contributed by atoms with van der Waals surface area (Å²) in [6, 6.07) is 14.8. The van der Waals surface area contributed by atoms with Crippen molar-refractivity contribution in [1.82, 2.24) is 10.0 Å². The molecule has 0 saturated carbocycles. The van der Waals surface area contributed by atoms with E-state index in [1.54, 1.807) is 0 Å². The van der Waals surface area contributed by atoms with Crippen LogP contribution in [-0.2, 0) is 9.59 Å². The molecule has 2 aromatic carbocycles. The normalized spacial score (nSPS) is 28.7. The first-order chi connectivity index (χ1) is 12.7. The molecule has 3 fully saturated rings. The third-order valence-corrected chi connectivity index (χ3v) is 5.63. The molecule has 5 nitrogen and oxygen atoms in total. The molecule has 3 aliphatic heterocycles. The summed E-state index contributed by atoms with van der Waals surface area (Å²) >= 11 is 0. The Bertz CT molecular complexity index is 870. The van der Waals surface area contributed by atoms with Crippen LogP contribution in [0.1, 0.15) is 18.0 Å². The topological polar surface area (TPSA) is 43.9 Å². The van der Waals surface area contributed by atoms with Crippen LogP contribution < -0.4 is 4.90 Å². The number of hydrogen-bond donors (Lipinski definition) is 0. The molecule has 132 valence electrons. The zero-order valence-electron chi connectivity index (χ0n) is 14.1. The molecule has 0 spiro atoms. The van der Waals surface area contributed by atoms with Gasteiger partial charge in [-0.1, -0.05) is 30.3 Å². The standard InChI is InChI=1S/C20H18FN3O2/c21-14-7-9-15(10-8-14)24-19(25)16-17(13-5-2-1-3-6-13)22-11-4-12-23(22)18(16)20(24)26/h1-3,5-10,16-18H,4,11-12H2. The first-order valence-electron chi connectivity index (χ1n) is 8.88. The molecule has 3 heterocycles. The maximum Gasteiger partial charge on any atom is 0.253 e. The lowest BCUT2D eigenvalue weighted by Gasteiger charge is -2.29. The van der Waals surface area contributed by atoms with Gasteiger partial charge in [0.05, 0.1) is 17.6 Å². The van der Waals surface area contributed by atoms with Gasteiger partial charge in [-0.25, -0.2) is 19.3 Å². The summed E-state index contributed by atoms with van der Waals surface area (Å²) in [6.07, 6.45) is 0.977. The van der Waals surface area contributed by atoms with Gasteiger partial charge in [0.2, 0.25) is 5.91 Å². The van der Waals surface area contributed by atoms with Crippen molar-refractivity contribution in [2.24, 2.45) is 5.92 Å². The first-order valence-corrected chi connectivity index (χ1v) is 8.88. The number of carbonyl (C=O) groups excluding carboxylic acids is 2. The highest BCUT2D eigenvalue weighted by atomic mass is 19.1. The van der Waals surface area contributed by atoms with E-state index >= 15 is 0 Å². The number of rotatable bonds is 2. The Morgan fingerprint density at radius 3 is 2.15 bits per heavy atom. The Morgan fingerprint density at radius 2 is 1.46 bits per heavy atom. The van der Waals surface area contributed by atoms with Gasteiger partial charge in [-0.3, -0.25) is 9.59 Å². The summed E-state index contributed by atoms with van der Waals surface area (Å²) < 4.78 is 13.3. The van der Waals surface area contributed by atoms with Crippen molar-refractivity contribution < 1.29 is 14.0 Å². The van der Waals surface area contributed by atoms with Gasteiger partial charge in [0.15, 0.2) is 0 Å². The predicted octanol–water partition coefficient (Wildman–Crippen LogP) is 2.36. The summed E-state index contributed by atoms with van der Waals surface area (Å²) in [5.41, 5.74) is 1.49. The Labute approximate surface area is 150 Å². The number of hydrogen-bond acceptors (Lipinski definition) is 4. The minimum Gasteiger partial charge on any atom is -0.274 e. The molecule has 2 aromatic rings. The molecule has 6 heteroatoms. The number of hydrazine groups is 1. The molecule has 0 aliphatic carbocycles. The van der Waals surface area contributed by atoms with E-state index in [4.69, 9.17) is 0 Å². The zero-order valence-corrected chi connectivity index (χ0v) is 14.1. The molecule has 0 radical (unpaired) electrons. The highest BCUT2D eigenvalue weighted by molar-refractivity contribution is 6.24. The average Bonchev–Trinajstić information content (AvgIpc) is 3.29. The number of fused-ring (bicyclic) bond motifs is 3. The van der Waals surface area contributed by atoms with Crippen molar-refractivity contribution in [1.29, 1.82) is 0 Å². The fourth-order valence-electron chi connectivity index (χ4n) is 4.61. The fraction of sp³-hybridized carbons (Fsp3) is 0.300. The number of nitrogens with zero attached hydrogens (tertiary/aromatic N) is 3. The number of carbonyl (C=O) groups is 2. The lowest BCUT2D eigenvalue weighted by molar-refractivity contribution is -0.126. The minimum absolute atomic E-state index is 0.134. The van der Waals surface area contributed by atoms with Crippen molar-refractivity contribution >= 4 is 17.5 Å². The molecular weight excluding hydrogens is 333 g/mol. The maximum atomic E-state index is 13.3. The van der Waals surface area contributed by atoms with Crippen LogP contribution in [0.3, 0.4) is 0 Å². The van der Waals surface area contributed by atoms with Gasteiger partial charge in [0.1, 0.15) is 11.9 Å². The maximum absolute atomic E-state index is 13.3. The van der Waals surface area contributed by atoms with Crippen LogP contribution in [0.15, 0.2) is 54.6 Å². The molecule has 3 atom stereocenters. The van der Waals surface area contributed by atoms with Crippen LogP contribution in [0.4, 0.5) is 10.1 Å². The Morgan fingerprint density at radius 1 is 0.808 bits per heavy atom. The van der Waals surface area contributed by atoms with Crippen LogP contribution in [0, 0.1) is 11.7 Å². The van der Waals surface area contributed by atoms with Crippen LogP contribution in [0.2, 0.25) is 0 Å². The third kappa shape index (κ3) is 2.09. The number of imide groups is 1. The van der Waals surface area contributed by atoms with E-state index in [0.717, 1.165) is 25.1 Å². The van der Waals surface area contributed by atoms with E-state index in [1.807, 2.05) is 30.3 Å². The monoisotopic (exact) mass is 351 g/mol. The van der Waals surface area contributed by atoms with Gasteiger partial charge in [-0.05, 0) is 36.2 Å². The van der Waals surface area contributed by atoms with Gasteiger partial charge in [0.25, 0.3) is 5.91 Å². The van der Waals surface area contributed by atoms with Gasteiger partial charge in [-0.15, -0.1) is 0 Å². The Balaban J connectivity index is 1.58. The van der Waals surface area contributed by atoms with Crippen molar-refractivity contribution in [3.63, 3.8) is 0 Å². The molecule has 3 unspecified atom stereocenters. The SMILES string of the molecule is O=C1C2C(C(=O)N1c1ccc(F)cc1)N1CCCN1C2c1ccccc1. The van der Waals surface area contributed by atoms with E-state index < -0.39 is 12.0 Å². The van der Waals surface area contributed by atoms with Crippen molar-refractivity contribution in [2.75, 3.05) is 18.0 Å². The second-order valence-corrected chi connectivity index (χ2v) is 6.99. The van der Waals surface area contributed by atoms with Crippen molar-refractivity contribution in [3.8, 4) is 0 Å². The van der Waals surface area contributed by atoms with Crippen molar-refractivity contribution in [3.05, 3.63) is 66.0 Å². The number of anilines is 1. The number of halogens is 1. The highest BCUT2D eigenvalue weighted by Crippen LogP contribution is 2.48. The minimum atomic E-state index is -0.472. The molecule has 3 saturated heterocycles. The fourth-order valence-corrected chi connectivity index (χ4v) is 4.61. The molecule has 0 aromatic heterocycles. The molecule has 26 heavy (non-hydrogen) atoms. The van der Waals surface area contributed by atoms with Crippen LogP contribution in [0.5, 0.6) is 0 Å². The van der Waals surface area contributed by atoms with Crippen molar-refractivity contribution in [2.45, 2.75) is 18.5 Å². The molecule has 2 amide bonds. The second-order valence-electron chi connectivity index (χ2n) is 6.99. The van der Waals surface area contributed by atoms with Crippen LogP contribution in [-0.4, -0.2) is 41.0 Å². The summed E-state index contributed by atoms with van der Waals surface area (Å²) in [5, 5.41) is 4.24. The second kappa shape index (κ2) is 5.72. The van der Waals surface area contributed by atoms with Crippen LogP contribution >= 0.6 is 0 Å². The molecule has 5 rings (SSSR count). The lowest BCUT2D eigenvalue weighted by atomic mass is 9.90.